The van der Waals surface area contributed by atoms with E-state index in [1.54, 1.807) is 23.5 Å². The maximum Gasteiger partial charge on any atom is 0.336 e. The van der Waals surface area contributed by atoms with Gasteiger partial charge in [0.05, 0.1) is 6.04 Å². The maximum atomic E-state index is 12.6. The molecule has 0 saturated carbocycles. The van der Waals surface area contributed by atoms with Gasteiger partial charge in [0.15, 0.2) is 6.61 Å². The van der Waals surface area contributed by atoms with Crippen LogP contribution in [0.15, 0.2) is 81.3 Å². The highest BCUT2D eigenvalue weighted by molar-refractivity contribution is 7.10. The van der Waals surface area contributed by atoms with Crippen molar-refractivity contribution in [2.45, 2.75) is 25.8 Å². The van der Waals surface area contributed by atoms with Crippen LogP contribution in [0, 0.1) is 0 Å². The number of thiophene rings is 1. The molecule has 4 rings (SSSR count). The first-order chi connectivity index (χ1) is 15.1. The van der Waals surface area contributed by atoms with Crippen LogP contribution in [0.4, 0.5) is 0 Å². The minimum atomic E-state index is -0.382. The van der Waals surface area contributed by atoms with Crippen LogP contribution in [0.25, 0.3) is 11.0 Å². The Bertz CT molecular complexity index is 1220. The van der Waals surface area contributed by atoms with E-state index in [1.807, 2.05) is 53.9 Å². The molecule has 2 heterocycles. The van der Waals surface area contributed by atoms with Crippen LogP contribution in [-0.4, -0.2) is 12.5 Å². The van der Waals surface area contributed by atoms with Gasteiger partial charge in [-0.1, -0.05) is 49.7 Å². The van der Waals surface area contributed by atoms with Gasteiger partial charge in [-0.2, -0.15) is 0 Å². The third-order valence-electron chi connectivity index (χ3n) is 4.96. The predicted octanol–water partition coefficient (Wildman–Crippen LogP) is 5.09. The first-order valence-electron chi connectivity index (χ1n) is 10.2. The number of carbonyl (C=O) groups excluding carboxylic acids is 1. The van der Waals surface area contributed by atoms with E-state index in [9.17, 15) is 9.59 Å². The first-order valence-corrected chi connectivity index (χ1v) is 11.1. The zero-order valence-electron chi connectivity index (χ0n) is 17.2. The van der Waals surface area contributed by atoms with Crippen LogP contribution in [0.5, 0.6) is 5.75 Å². The van der Waals surface area contributed by atoms with E-state index in [0.717, 1.165) is 34.2 Å². The standard InChI is InChI=1S/C25H23NO4S/c1-2-7-18-14-24(28)30-21-15-19(11-12-20(18)21)29-16-23(27)26-25(22-10-6-13-31-22)17-8-4-3-5-9-17/h3-6,8-15,25H,2,7,16H2,1H3,(H,26,27)/t25-/m1/s1. The van der Waals surface area contributed by atoms with Crippen LogP contribution in [0.3, 0.4) is 0 Å². The summed E-state index contributed by atoms with van der Waals surface area (Å²) in [5.41, 5.74) is 2.05. The monoisotopic (exact) mass is 433 g/mol. The lowest BCUT2D eigenvalue weighted by atomic mass is 10.1. The number of rotatable bonds is 8. The molecule has 4 aromatic rings. The van der Waals surface area contributed by atoms with Gasteiger partial charge < -0.3 is 14.5 Å². The number of hydrogen-bond donors (Lipinski definition) is 1. The molecular weight excluding hydrogens is 410 g/mol. The van der Waals surface area contributed by atoms with Crippen LogP contribution >= 0.6 is 11.3 Å². The van der Waals surface area contributed by atoms with Crippen molar-refractivity contribution in [3.63, 3.8) is 0 Å². The molecule has 0 unspecified atom stereocenters. The molecule has 0 fully saturated rings. The number of benzene rings is 2. The lowest BCUT2D eigenvalue weighted by Gasteiger charge is -2.18. The highest BCUT2D eigenvalue weighted by Gasteiger charge is 2.18. The van der Waals surface area contributed by atoms with Crippen molar-refractivity contribution in [1.82, 2.24) is 5.32 Å². The molecule has 1 amide bonds. The van der Waals surface area contributed by atoms with E-state index >= 15 is 0 Å². The summed E-state index contributed by atoms with van der Waals surface area (Å²) in [6, 6.07) is 20.4. The first kappa shape index (κ1) is 20.9. The van der Waals surface area contributed by atoms with Gasteiger partial charge in [0.1, 0.15) is 11.3 Å². The Morgan fingerprint density at radius 1 is 1.10 bits per heavy atom. The fraction of sp³-hybridized carbons (Fsp3) is 0.200. The average molecular weight is 434 g/mol. The molecule has 0 radical (unpaired) electrons. The Labute approximate surface area is 184 Å². The Morgan fingerprint density at radius 2 is 1.94 bits per heavy atom. The van der Waals surface area contributed by atoms with Crippen molar-refractivity contribution < 1.29 is 13.9 Å². The molecule has 158 valence electrons. The molecule has 5 nitrogen and oxygen atoms in total. The Hall–Kier alpha value is -3.38. The molecule has 0 saturated heterocycles. The van der Waals surface area contributed by atoms with Crippen molar-refractivity contribution in [2.75, 3.05) is 6.61 Å². The van der Waals surface area contributed by atoms with Crippen molar-refractivity contribution in [3.05, 3.63) is 98.5 Å². The van der Waals surface area contributed by atoms with E-state index in [1.165, 1.54) is 6.07 Å². The third kappa shape index (κ3) is 5.03. The smallest absolute Gasteiger partial charge is 0.336 e. The highest BCUT2D eigenvalue weighted by Crippen LogP contribution is 2.26. The second-order valence-electron chi connectivity index (χ2n) is 7.21. The Kier molecular flexibility index (Phi) is 6.48. The lowest BCUT2D eigenvalue weighted by Crippen LogP contribution is -2.32. The van der Waals surface area contributed by atoms with Gasteiger partial charge in [-0.3, -0.25) is 4.79 Å². The number of carbonyl (C=O) groups is 1. The summed E-state index contributed by atoms with van der Waals surface area (Å²) in [6.45, 7) is 1.93. The summed E-state index contributed by atoms with van der Waals surface area (Å²) in [5.74, 6) is 0.246. The van der Waals surface area contributed by atoms with Crippen molar-refractivity contribution in [1.29, 1.82) is 0 Å². The molecular formula is C25H23NO4S. The van der Waals surface area contributed by atoms with Gasteiger partial charge >= 0.3 is 5.63 Å². The topological polar surface area (TPSA) is 68.5 Å². The number of ether oxygens (including phenoxy) is 1. The molecule has 0 aliphatic rings. The molecule has 2 aromatic heterocycles. The quantitative estimate of drug-likeness (QED) is 0.393. The minimum Gasteiger partial charge on any atom is -0.484 e. The molecule has 0 aliphatic heterocycles. The molecule has 0 spiro atoms. The van der Waals surface area contributed by atoms with E-state index in [4.69, 9.17) is 9.15 Å². The fourth-order valence-corrected chi connectivity index (χ4v) is 4.35. The fourth-order valence-electron chi connectivity index (χ4n) is 3.55. The normalized spacial score (nSPS) is 11.9. The minimum absolute atomic E-state index is 0.140. The third-order valence-corrected chi connectivity index (χ3v) is 5.89. The van der Waals surface area contributed by atoms with Crippen molar-refractivity contribution in [2.24, 2.45) is 0 Å². The van der Waals surface area contributed by atoms with Crippen molar-refractivity contribution in [3.8, 4) is 5.75 Å². The summed E-state index contributed by atoms with van der Waals surface area (Å²) in [4.78, 5) is 25.6. The van der Waals surface area contributed by atoms with Crippen LogP contribution in [-0.2, 0) is 11.2 Å². The van der Waals surface area contributed by atoms with Gasteiger partial charge in [-0.05, 0) is 41.1 Å². The largest absolute Gasteiger partial charge is 0.484 e. The number of amides is 1. The number of nitrogens with one attached hydrogen (secondary N) is 1. The number of fused-ring (bicyclic) bond motifs is 1. The van der Waals surface area contributed by atoms with Gasteiger partial charge in [-0.15, -0.1) is 11.3 Å². The summed E-state index contributed by atoms with van der Waals surface area (Å²) in [7, 11) is 0. The Morgan fingerprint density at radius 3 is 2.68 bits per heavy atom. The van der Waals surface area contributed by atoms with Crippen LogP contribution < -0.4 is 15.7 Å². The van der Waals surface area contributed by atoms with Crippen LogP contribution in [0.2, 0.25) is 0 Å². The summed E-state index contributed by atoms with van der Waals surface area (Å²) >= 11 is 1.59. The average Bonchev–Trinajstić information content (AvgIpc) is 3.31. The SMILES string of the molecule is CCCc1cc(=O)oc2cc(OCC(=O)N[C@H](c3ccccc3)c3cccs3)ccc12. The molecule has 0 aliphatic carbocycles. The second-order valence-corrected chi connectivity index (χ2v) is 8.19. The molecule has 6 heteroatoms. The lowest BCUT2D eigenvalue weighted by molar-refractivity contribution is -0.123. The number of hydrogen-bond acceptors (Lipinski definition) is 5. The van der Waals surface area contributed by atoms with E-state index in [-0.39, 0.29) is 24.2 Å². The molecule has 1 atom stereocenters. The van der Waals surface area contributed by atoms with Gasteiger partial charge in [0.25, 0.3) is 5.91 Å². The maximum absolute atomic E-state index is 12.6. The highest BCUT2D eigenvalue weighted by atomic mass is 32.1. The summed E-state index contributed by atoms with van der Waals surface area (Å²) in [6.07, 6.45) is 1.73. The van der Waals surface area contributed by atoms with Gasteiger partial charge in [0.2, 0.25) is 0 Å². The van der Waals surface area contributed by atoms with Gasteiger partial charge in [0, 0.05) is 22.4 Å². The zero-order valence-corrected chi connectivity index (χ0v) is 18.0. The molecule has 31 heavy (non-hydrogen) atoms. The summed E-state index contributed by atoms with van der Waals surface area (Å²) < 4.78 is 11.0. The zero-order chi connectivity index (χ0) is 21.6. The Balaban J connectivity index is 1.47. The van der Waals surface area contributed by atoms with Crippen LogP contribution in [0.1, 0.15) is 35.4 Å². The molecule has 1 N–H and O–H groups in total. The predicted molar refractivity (Wildman–Crippen MR) is 123 cm³/mol. The summed E-state index contributed by atoms with van der Waals surface area (Å²) in [5, 5.41) is 5.93. The van der Waals surface area contributed by atoms with E-state index in [2.05, 4.69) is 12.2 Å². The molecule has 2 aromatic carbocycles. The van der Waals surface area contributed by atoms with Gasteiger partial charge in [-0.25, -0.2) is 4.79 Å². The second kappa shape index (κ2) is 9.62. The van der Waals surface area contributed by atoms with Crippen molar-refractivity contribution >= 4 is 28.2 Å². The van der Waals surface area contributed by atoms with E-state index < -0.39 is 0 Å². The molecule has 0 bridgehead atoms. The number of aryl methyl sites for hydroxylation is 1. The van der Waals surface area contributed by atoms with E-state index in [0.29, 0.717) is 11.3 Å².